The number of nitrogens with one attached hydrogen (secondary N) is 3. The average molecular weight is 439 g/mol. The summed E-state index contributed by atoms with van der Waals surface area (Å²) in [6.45, 7) is 13.0. The molecule has 1 fully saturated rings. The number of carbonyl (C=O) groups is 2. The van der Waals surface area contributed by atoms with Gasteiger partial charge in [0, 0.05) is 5.69 Å². The number of primary amides is 1. The van der Waals surface area contributed by atoms with Crippen LogP contribution >= 0.6 is 0 Å². The summed E-state index contributed by atoms with van der Waals surface area (Å²) in [6, 6.07) is 7.74. The van der Waals surface area contributed by atoms with E-state index in [1.165, 1.54) is 11.6 Å². The molecule has 2 amide bonds. The van der Waals surface area contributed by atoms with Gasteiger partial charge >= 0.3 is 0 Å². The zero-order valence-electron chi connectivity index (χ0n) is 19.1. The molecule has 1 saturated carbocycles. The number of anilines is 1. The number of hydrogen-bond donors (Lipinski definition) is 4. The molecule has 8 heteroatoms. The summed E-state index contributed by atoms with van der Waals surface area (Å²) in [7, 11) is 0. The van der Waals surface area contributed by atoms with Crippen LogP contribution in [0.2, 0.25) is 0 Å². The molecule has 32 heavy (non-hydrogen) atoms. The number of benzene rings is 1. The molecule has 0 unspecified atom stereocenters. The van der Waals surface area contributed by atoms with Crippen molar-refractivity contribution < 1.29 is 9.59 Å². The van der Waals surface area contributed by atoms with Crippen LogP contribution in [0, 0.1) is 0 Å². The first-order valence-corrected chi connectivity index (χ1v) is 10.9. The Kier molecular flexibility index (Phi) is 9.19. The van der Waals surface area contributed by atoms with Crippen LogP contribution in [-0.4, -0.2) is 36.5 Å². The lowest BCUT2D eigenvalue weighted by Gasteiger charge is -2.29. The third-order valence-electron chi connectivity index (χ3n) is 5.38. The van der Waals surface area contributed by atoms with Gasteiger partial charge in [-0.05, 0) is 56.2 Å². The smallest absolute Gasteiger partial charge is 0.271 e. The van der Waals surface area contributed by atoms with E-state index in [0.29, 0.717) is 17.6 Å². The minimum absolute atomic E-state index is 0.0207. The number of rotatable bonds is 9. The van der Waals surface area contributed by atoms with Crippen molar-refractivity contribution in [1.82, 2.24) is 10.6 Å². The van der Waals surface area contributed by atoms with Crippen molar-refractivity contribution in [2.45, 2.75) is 64.5 Å². The number of amides is 2. The lowest BCUT2D eigenvalue weighted by atomic mass is 9.90. The van der Waals surface area contributed by atoms with Gasteiger partial charge in [-0.1, -0.05) is 45.4 Å². The topological polar surface area (TPSA) is 121 Å². The molecule has 0 bridgehead atoms. The number of hydrogen-bond acceptors (Lipinski definition) is 5. The highest BCUT2D eigenvalue weighted by atomic mass is 16.2. The minimum atomic E-state index is -0.713. The normalized spacial score (nSPS) is 19.6. The van der Waals surface area contributed by atoms with Crippen molar-refractivity contribution in [3.63, 3.8) is 0 Å². The van der Waals surface area contributed by atoms with E-state index in [2.05, 4.69) is 48.1 Å². The van der Waals surface area contributed by atoms with Gasteiger partial charge in [-0.3, -0.25) is 19.6 Å². The van der Waals surface area contributed by atoms with E-state index in [9.17, 15) is 9.59 Å². The van der Waals surface area contributed by atoms with Gasteiger partial charge in [0.2, 0.25) is 5.91 Å². The lowest BCUT2D eigenvalue weighted by molar-refractivity contribution is -0.117. The van der Waals surface area contributed by atoms with Gasteiger partial charge in [0.05, 0.1) is 17.9 Å². The van der Waals surface area contributed by atoms with Crippen molar-refractivity contribution >= 4 is 30.1 Å². The summed E-state index contributed by atoms with van der Waals surface area (Å²) in [5.74, 6) is 0.358. The molecule has 0 saturated heterocycles. The molecule has 2 rings (SSSR count). The second-order valence-electron chi connectivity index (χ2n) is 8.16. The van der Waals surface area contributed by atoms with E-state index in [0.717, 1.165) is 31.4 Å². The average Bonchev–Trinajstić information content (AvgIpc) is 2.75. The number of nitrogens with zero attached hydrogens (tertiary/aromatic N) is 2. The summed E-state index contributed by atoms with van der Waals surface area (Å²) in [5, 5.41) is 9.25. The van der Waals surface area contributed by atoms with Gasteiger partial charge in [0.25, 0.3) is 5.91 Å². The van der Waals surface area contributed by atoms with Crippen LogP contribution in [0.15, 0.2) is 58.4 Å². The second kappa shape index (κ2) is 11.8. The Morgan fingerprint density at radius 1 is 1.19 bits per heavy atom. The van der Waals surface area contributed by atoms with Crippen LogP contribution < -0.4 is 21.7 Å². The van der Waals surface area contributed by atoms with Crippen molar-refractivity contribution in [2.75, 3.05) is 5.32 Å². The van der Waals surface area contributed by atoms with Crippen LogP contribution in [0.25, 0.3) is 0 Å². The van der Waals surface area contributed by atoms with Crippen molar-refractivity contribution in [1.29, 1.82) is 0 Å². The van der Waals surface area contributed by atoms with E-state index in [1.807, 2.05) is 24.3 Å². The Bertz CT molecular complexity index is 902. The molecule has 172 valence electrons. The molecule has 1 aliphatic carbocycles. The van der Waals surface area contributed by atoms with Gasteiger partial charge < -0.3 is 21.7 Å². The first-order chi connectivity index (χ1) is 15.2. The van der Waals surface area contributed by atoms with Gasteiger partial charge in [-0.2, -0.15) is 0 Å². The number of nitrogens with two attached hydrogens (primary N) is 1. The largest absolute Gasteiger partial charge is 0.364 e. The Labute approximate surface area is 190 Å². The maximum Gasteiger partial charge on any atom is 0.271 e. The van der Waals surface area contributed by atoms with Crippen LogP contribution in [-0.2, 0) is 9.59 Å². The Morgan fingerprint density at radius 3 is 2.41 bits per heavy atom. The lowest BCUT2D eigenvalue weighted by Crippen LogP contribution is -2.44. The van der Waals surface area contributed by atoms with Crippen molar-refractivity contribution in [2.24, 2.45) is 15.7 Å². The van der Waals surface area contributed by atoms with E-state index >= 15 is 0 Å². The van der Waals surface area contributed by atoms with E-state index < -0.39 is 5.91 Å². The Balaban J connectivity index is 2.26. The predicted octanol–water partition coefficient (Wildman–Crippen LogP) is 3.20. The molecule has 1 aromatic carbocycles. The Morgan fingerprint density at radius 2 is 1.84 bits per heavy atom. The zero-order chi connectivity index (χ0) is 23.7. The molecule has 1 aliphatic rings. The summed E-state index contributed by atoms with van der Waals surface area (Å²) in [5.41, 5.74) is 7.46. The van der Waals surface area contributed by atoms with Crippen molar-refractivity contribution in [3.8, 4) is 0 Å². The fourth-order valence-corrected chi connectivity index (χ4v) is 3.66. The van der Waals surface area contributed by atoms with E-state index in [4.69, 9.17) is 10.7 Å². The SMILES string of the molecule is C=CC(=O)N[C@H]1CCCC[C@@H]1N=C(C)N/C(Nc1ccc(C(C)C)cc1)=C(\N=C)C(N)=O. The van der Waals surface area contributed by atoms with Crippen molar-refractivity contribution in [3.05, 3.63) is 54.0 Å². The summed E-state index contributed by atoms with van der Waals surface area (Å²) in [4.78, 5) is 32.3. The third-order valence-corrected chi connectivity index (χ3v) is 5.38. The quantitative estimate of drug-likeness (QED) is 0.269. The molecule has 0 heterocycles. The maximum atomic E-state index is 11.9. The second-order valence-corrected chi connectivity index (χ2v) is 8.16. The first kappa shape index (κ1) is 24.8. The van der Waals surface area contributed by atoms with E-state index in [1.54, 1.807) is 6.92 Å². The monoisotopic (exact) mass is 438 g/mol. The van der Waals surface area contributed by atoms with Gasteiger partial charge in [-0.15, -0.1) is 0 Å². The van der Waals surface area contributed by atoms with Gasteiger partial charge in [-0.25, -0.2) is 0 Å². The molecule has 1 aromatic rings. The fourth-order valence-electron chi connectivity index (χ4n) is 3.66. The maximum absolute atomic E-state index is 11.9. The number of aliphatic imine (C=N–C) groups is 2. The van der Waals surface area contributed by atoms with Crippen LogP contribution in [0.5, 0.6) is 0 Å². The number of carbonyl (C=O) groups excluding carboxylic acids is 2. The first-order valence-electron chi connectivity index (χ1n) is 10.9. The fraction of sp³-hybridized carbons (Fsp3) is 0.417. The zero-order valence-corrected chi connectivity index (χ0v) is 19.1. The molecule has 8 nitrogen and oxygen atoms in total. The highest BCUT2D eigenvalue weighted by Crippen LogP contribution is 2.22. The standard InChI is InChI=1S/C24H34N6O2/c1-6-21(31)30-20-10-8-7-9-19(20)27-16(4)28-24(22(26-5)23(25)32)29-18-13-11-17(12-14-18)15(2)3/h6,11-15,19-20,29H,1,5,7-10H2,2-4H3,(H2,25,32)(H,27,28)(H,30,31)/b24-22+/t19-,20-/m0/s1. The van der Waals surface area contributed by atoms with Gasteiger partial charge in [0.15, 0.2) is 5.70 Å². The van der Waals surface area contributed by atoms with Gasteiger partial charge in [0.1, 0.15) is 5.82 Å². The third kappa shape index (κ3) is 7.08. The van der Waals surface area contributed by atoms with Crippen LogP contribution in [0.1, 0.15) is 57.9 Å². The molecule has 0 aromatic heterocycles. The molecule has 0 aliphatic heterocycles. The molecular formula is C24H34N6O2. The highest BCUT2D eigenvalue weighted by molar-refractivity contribution is 5.95. The predicted molar refractivity (Wildman–Crippen MR) is 131 cm³/mol. The Hall–Kier alpha value is -3.42. The van der Waals surface area contributed by atoms with Crippen LogP contribution in [0.4, 0.5) is 5.69 Å². The van der Waals surface area contributed by atoms with E-state index in [-0.39, 0.29) is 23.7 Å². The van der Waals surface area contributed by atoms with Crippen LogP contribution in [0.3, 0.4) is 0 Å². The summed E-state index contributed by atoms with van der Waals surface area (Å²) < 4.78 is 0. The molecule has 2 atom stereocenters. The molecular weight excluding hydrogens is 404 g/mol. The summed E-state index contributed by atoms with van der Waals surface area (Å²) in [6.07, 6.45) is 5.04. The molecule has 0 radical (unpaired) electrons. The molecule has 0 spiro atoms. The number of amidine groups is 1. The highest BCUT2D eigenvalue weighted by Gasteiger charge is 2.26. The molecule has 5 N–H and O–H groups in total. The minimum Gasteiger partial charge on any atom is -0.364 e. The summed E-state index contributed by atoms with van der Waals surface area (Å²) >= 11 is 0.